The molecule has 6 nitrogen and oxygen atoms in total. The highest BCUT2D eigenvalue weighted by Gasteiger charge is 2.24. The van der Waals surface area contributed by atoms with Gasteiger partial charge in [-0.2, -0.15) is 0 Å². The third-order valence-electron chi connectivity index (χ3n) is 3.59. The van der Waals surface area contributed by atoms with Crippen LogP contribution >= 0.6 is 0 Å². The maximum Gasteiger partial charge on any atom is 0.234 e. The fourth-order valence-electron chi connectivity index (χ4n) is 2.15. The van der Waals surface area contributed by atoms with E-state index >= 15 is 0 Å². The number of amides is 2. The first kappa shape index (κ1) is 15.9. The highest BCUT2D eigenvalue weighted by molar-refractivity contribution is 5.79. The molecule has 0 unspecified atom stereocenters. The summed E-state index contributed by atoms with van der Waals surface area (Å²) in [5.74, 6) is -0.199. The number of carbonyl (C=O) groups excluding carboxylic acids is 2. The molecule has 1 atom stereocenters. The van der Waals surface area contributed by atoms with E-state index in [0.717, 1.165) is 45.6 Å². The van der Waals surface area contributed by atoms with Gasteiger partial charge in [0.2, 0.25) is 11.8 Å². The molecule has 3 N–H and O–H groups in total. The number of primary amides is 1. The van der Waals surface area contributed by atoms with Crippen molar-refractivity contribution in [1.29, 1.82) is 0 Å². The molecule has 6 heteroatoms. The average molecular weight is 270 g/mol. The van der Waals surface area contributed by atoms with Gasteiger partial charge in [-0.25, -0.2) is 0 Å². The number of rotatable bonds is 7. The smallest absolute Gasteiger partial charge is 0.234 e. The number of unbranched alkanes of at least 4 members (excludes halogenated alkanes) is 1. The minimum absolute atomic E-state index is 0.0878. The zero-order chi connectivity index (χ0) is 14.3. The Hall–Kier alpha value is -1.14. The number of piperazine rings is 1. The number of nitrogens with zero attached hydrogens (tertiary/aromatic N) is 2. The van der Waals surface area contributed by atoms with Gasteiger partial charge in [0.1, 0.15) is 0 Å². The van der Waals surface area contributed by atoms with Gasteiger partial charge >= 0.3 is 0 Å². The van der Waals surface area contributed by atoms with Gasteiger partial charge < -0.3 is 11.1 Å². The third kappa shape index (κ3) is 5.57. The molecule has 1 aliphatic rings. The molecule has 1 rings (SSSR count). The van der Waals surface area contributed by atoms with E-state index in [9.17, 15) is 9.59 Å². The van der Waals surface area contributed by atoms with Crippen molar-refractivity contribution in [3.8, 4) is 0 Å². The molecule has 19 heavy (non-hydrogen) atoms. The van der Waals surface area contributed by atoms with Crippen molar-refractivity contribution in [2.45, 2.75) is 32.7 Å². The van der Waals surface area contributed by atoms with Crippen LogP contribution in [0.1, 0.15) is 26.7 Å². The van der Waals surface area contributed by atoms with Crippen molar-refractivity contribution in [2.75, 3.05) is 39.3 Å². The summed E-state index contributed by atoms with van der Waals surface area (Å²) in [5.41, 5.74) is 5.29. The second-order valence-electron chi connectivity index (χ2n) is 5.09. The SMILES string of the molecule is CCCCNC(=O)CN1CCN([C@H](C)C(N)=O)CC1. The lowest BCUT2D eigenvalue weighted by atomic mass is 10.2. The number of nitrogens with two attached hydrogens (primary N) is 1. The van der Waals surface area contributed by atoms with E-state index in [1.54, 1.807) is 0 Å². The molecule has 1 saturated heterocycles. The van der Waals surface area contributed by atoms with Crippen molar-refractivity contribution < 1.29 is 9.59 Å². The van der Waals surface area contributed by atoms with Gasteiger partial charge in [0.05, 0.1) is 12.6 Å². The van der Waals surface area contributed by atoms with Crippen molar-refractivity contribution in [1.82, 2.24) is 15.1 Å². The molecule has 0 spiro atoms. The van der Waals surface area contributed by atoms with Crippen LogP contribution in [0, 0.1) is 0 Å². The van der Waals surface area contributed by atoms with Gasteiger partial charge in [-0.3, -0.25) is 19.4 Å². The Morgan fingerprint density at radius 2 is 1.89 bits per heavy atom. The summed E-state index contributed by atoms with van der Waals surface area (Å²) < 4.78 is 0. The maximum absolute atomic E-state index is 11.7. The van der Waals surface area contributed by atoms with E-state index < -0.39 is 0 Å². The van der Waals surface area contributed by atoms with Gasteiger partial charge in [-0.15, -0.1) is 0 Å². The van der Waals surface area contributed by atoms with Crippen LogP contribution in [0.15, 0.2) is 0 Å². The van der Waals surface area contributed by atoms with Crippen LogP contribution in [0.4, 0.5) is 0 Å². The standard InChI is InChI=1S/C13H26N4O2/c1-3-4-5-15-12(18)10-16-6-8-17(9-7-16)11(2)13(14)19/h11H,3-10H2,1-2H3,(H2,14,19)(H,15,18)/t11-/m1/s1. The predicted molar refractivity (Wildman–Crippen MR) is 74.6 cm³/mol. The van der Waals surface area contributed by atoms with Crippen LogP contribution < -0.4 is 11.1 Å². The molecule has 1 aliphatic heterocycles. The van der Waals surface area contributed by atoms with Gasteiger partial charge in [0, 0.05) is 32.7 Å². The summed E-state index contributed by atoms with van der Waals surface area (Å²) in [4.78, 5) is 27.0. The second kappa shape index (κ2) is 8.12. The third-order valence-corrected chi connectivity index (χ3v) is 3.59. The minimum atomic E-state index is -0.286. The molecule has 0 bridgehead atoms. The first-order valence-electron chi connectivity index (χ1n) is 7.07. The van der Waals surface area contributed by atoms with Crippen molar-refractivity contribution in [3.05, 3.63) is 0 Å². The van der Waals surface area contributed by atoms with E-state index in [-0.39, 0.29) is 17.9 Å². The molecule has 0 aromatic rings. The number of hydrogen-bond donors (Lipinski definition) is 2. The van der Waals surface area contributed by atoms with E-state index in [4.69, 9.17) is 5.73 Å². The maximum atomic E-state index is 11.7. The molecule has 0 saturated carbocycles. The van der Waals surface area contributed by atoms with Crippen LogP contribution in [-0.4, -0.2) is 66.9 Å². The van der Waals surface area contributed by atoms with E-state index in [0.29, 0.717) is 6.54 Å². The molecule has 1 heterocycles. The Morgan fingerprint density at radius 3 is 2.42 bits per heavy atom. The Bertz CT molecular complexity index is 301. The van der Waals surface area contributed by atoms with E-state index in [2.05, 4.69) is 22.0 Å². The largest absolute Gasteiger partial charge is 0.368 e. The molecular weight excluding hydrogens is 244 g/mol. The first-order valence-corrected chi connectivity index (χ1v) is 7.07. The topological polar surface area (TPSA) is 78.7 Å². The zero-order valence-electron chi connectivity index (χ0n) is 12.0. The molecule has 0 radical (unpaired) electrons. The first-order chi connectivity index (χ1) is 9.04. The molecule has 2 amide bonds. The van der Waals surface area contributed by atoms with Crippen molar-refractivity contribution in [2.24, 2.45) is 5.73 Å². The highest BCUT2D eigenvalue weighted by Crippen LogP contribution is 2.05. The molecular formula is C13H26N4O2. The van der Waals surface area contributed by atoms with E-state index in [1.807, 2.05) is 6.92 Å². The summed E-state index contributed by atoms with van der Waals surface area (Å²) in [6.07, 6.45) is 2.11. The molecule has 1 fully saturated rings. The normalized spacial score (nSPS) is 19.1. The summed E-state index contributed by atoms with van der Waals surface area (Å²) in [6.45, 7) is 8.31. The Balaban J connectivity index is 2.22. The van der Waals surface area contributed by atoms with Crippen molar-refractivity contribution in [3.63, 3.8) is 0 Å². The summed E-state index contributed by atoms with van der Waals surface area (Å²) in [7, 11) is 0. The van der Waals surface area contributed by atoms with Crippen LogP contribution in [0.25, 0.3) is 0 Å². The van der Waals surface area contributed by atoms with Crippen molar-refractivity contribution >= 4 is 11.8 Å². The van der Waals surface area contributed by atoms with E-state index in [1.165, 1.54) is 0 Å². The lowest BCUT2D eigenvalue weighted by molar-refractivity contribution is -0.125. The lowest BCUT2D eigenvalue weighted by Crippen LogP contribution is -2.54. The highest BCUT2D eigenvalue weighted by atomic mass is 16.2. The monoisotopic (exact) mass is 270 g/mol. The van der Waals surface area contributed by atoms with Gasteiger partial charge in [-0.1, -0.05) is 13.3 Å². The predicted octanol–water partition coefficient (Wildman–Crippen LogP) is -0.606. The van der Waals surface area contributed by atoms with Crippen LogP contribution in [0.2, 0.25) is 0 Å². The molecule has 0 aromatic carbocycles. The van der Waals surface area contributed by atoms with Crippen LogP contribution in [0.5, 0.6) is 0 Å². The van der Waals surface area contributed by atoms with Gasteiger partial charge in [0.15, 0.2) is 0 Å². The fourth-order valence-corrected chi connectivity index (χ4v) is 2.15. The van der Waals surface area contributed by atoms with Gasteiger partial charge in [0.25, 0.3) is 0 Å². The van der Waals surface area contributed by atoms with Crippen LogP contribution in [-0.2, 0) is 9.59 Å². The summed E-state index contributed by atoms with van der Waals surface area (Å²) >= 11 is 0. The molecule has 110 valence electrons. The number of hydrogen-bond acceptors (Lipinski definition) is 4. The Kier molecular flexibility index (Phi) is 6.80. The fraction of sp³-hybridized carbons (Fsp3) is 0.846. The number of nitrogens with one attached hydrogen (secondary N) is 1. The number of carbonyl (C=O) groups is 2. The lowest BCUT2D eigenvalue weighted by Gasteiger charge is -2.36. The minimum Gasteiger partial charge on any atom is -0.368 e. The Labute approximate surface area is 115 Å². The summed E-state index contributed by atoms with van der Waals surface area (Å²) in [6, 6.07) is -0.222. The zero-order valence-corrected chi connectivity index (χ0v) is 12.0. The average Bonchev–Trinajstić information content (AvgIpc) is 2.39. The molecule has 0 aliphatic carbocycles. The van der Waals surface area contributed by atoms with Crippen LogP contribution in [0.3, 0.4) is 0 Å². The van der Waals surface area contributed by atoms with Gasteiger partial charge in [-0.05, 0) is 13.3 Å². The molecule has 0 aromatic heterocycles. The quantitative estimate of drug-likeness (QED) is 0.605. The second-order valence-corrected chi connectivity index (χ2v) is 5.09. The summed E-state index contributed by atoms with van der Waals surface area (Å²) in [5, 5.41) is 2.91. The Morgan fingerprint density at radius 1 is 1.26 bits per heavy atom.